The number of ether oxygens (including phenoxy) is 2. The summed E-state index contributed by atoms with van der Waals surface area (Å²) in [5, 5.41) is 6.91. The van der Waals surface area contributed by atoms with Crippen molar-refractivity contribution in [3.63, 3.8) is 0 Å². The van der Waals surface area contributed by atoms with Crippen LogP contribution in [0.5, 0.6) is 11.5 Å². The van der Waals surface area contributed by atoms with E-state index in [0.717, 1.165) is 44.1 Å². The summed E-state index contributed by atoms with van der Waals surface area (Å²) in [6.45, 7) is 3.60. The van der Waals surface area contributed by atoms with Gasteiger partial charge in [0.05, 0.1) is 14.2 Å². The second kappa shape index (κ2) is 9.87. The maximum atomic E-state index is 5.35. The standard InChI is InChI=1S/C19H26N2O2/c1-22-18-10-5-3-8-16(18)14-20-12-7-13-21-15-17-9-4-6-11-19(17)23-2/h3-6,8-11,20-21H,7,12-15H2,1-2H3. The zero-order valence-corrected chi connectivity index (χ0v) is 14.0. The summed E-state index contributed by atoms with van der Waals surface area (Å²) >= 11 is 0. The van der Waals surface area contributed by atoms with Crippen molar-refractivity contribution < 1.29 is 9.47 Å². The minimum absolute atomic E-state index is 0.830. The molecule has 2 N–H and O–H groups in total. The van der Waals surface area contributed by atoms with Crippen LogP contribution in [-0.4, -0.2) is 27.3 Å². The summed E-state index contributed by atoms with van der Waals surface area (Å²) in [5.41, 5.74) is 2.38. The lowest BCUT2D eigenvalue weighted by atomic mass is 10.2. The molecule has 0 aliphatic carbocycles. The predicted octanol–water partition coefficient (Wildman–Crippen LogP) is 2.97. The maximum Gasteiger partial charge on any atom is 0.123 e. The highest BCUT2D eigenvalue weighted by atomic mass is 16.5. The van der Waals surface area contributed by atoms with Gasteiger partial charge in [-0.15, -0.1) is 0 Å². The van der Waals surface area contributed by atoms with E-state index in [0.29, 0.717) is 0 Å². The smallest absolute Gasteiger partial charge is 0.123 e. The molecule has 0 aromatic heterocycles. The van der Waals surface area contributed by atoms with Crippen LogP contribution in [0.1, 0.15) is 17.5 Å². The first-order valence-corrected chi connectivity index (χ1v) is 8.00. The van der Waals surface area contributed by atoms with Crippen LogP contribution < -0.4 is 20.1 Å². The maximum absolute atomic E-state index is 5.35. The van der Waals surface area contributed by atoms with E-state index in [9.17, 15) is 0 Å². The summed E-state index contributed by atoms with van der Waals surface area (Å²) in [6, 6.07) is 16.2. The van der Waals surface area contributed by atoms with E-state index in [1.54, 1.807) is 14.2 Å². The van der Waals surface area contributed by atoms with Gasteiger partial charge in [0.1, 0.15) is 11.5 Å². The quantitative estimate of drug-likeness (QED) is 0.662. The molecule has 2 aromatic rings. The first-order valence-electron chi connectivity index (χ1n) is 8.00. The minimum atomic E-state index is 0.830. The Morgan fingerprint density at radius 2 is 1.13 bits per heavy atom. The number of methoxy groups -OCH3 is 2. The van der Waals surface area contributed by atoms with E-state index in [-0.39, 0.29) is 0 Å². The molecule has 0 saturated carbocycles. The Bertz CT molecular complexity index is 536. The topological polar surface area (TPSA) is 42.5 Å². The Hall–Kier alpha value is -2.04. The van der Waals surface area contributed by atoms with Crippen LogP contribution in [-0.2, 0) is 13.1 Å². The number of hydrogen-bond donors (Lipinski definition) is 2. The predicted molar refractivity (Wildman–Crippen MR) is 94.0 cm³/mol. The molecule has 0 aliphatic rings. The molecule has 0 aliphatic heterocycles. The van der Waals surface area contributed by atoms with E-state index in [1.807, 2.05) is 36.4 Å². The molecule has 23 heavy (non-hydrogen) atoms. The molecule has 0 amide bonds. The summed E-state index contributed by atoms with van der Waals surface area (Å²) in [4.78, 5) is 0. The normalized spacial score (nSPS) is 10.5. The highest BCUT2D eigenvalue weighted by Gasteiger charge is 2.01. The summed E-state index contributed by atoms with van der Waals surface area (Å²) in [5.74, 6) is 1.88. The summed E-state index contributed by atoms with van der Waals surface area (Å²) in [7, 11) is 3.42. The molecule has 0 atom stereocenters. The van der Waals surface area contributed by atoms with E-state index in [1.165, 1.54) is 11.1 Å². The van der Waals surface area contributed by atoms with Gasteiger partial charge in [0.15, 0.2) is 0 Å². The lowest BCUT2D eigenvalue weighted by Gasteiger charge is -2.11. The first-order chi connectivity index (χ1) is 11.3. The molecule has 0 radical (unpaired) electrons. The fraction of sp³-hybridized carbons (Fsp3) is 0.368. The van der Waals surface area contributed by atoms with Crippen LogP contribution in [0.3, 0.4) is 0 Å². The average molecular weight is 314 g/mol. The second-order valence-electron chi connectivity index (χ2n) is 5.33. The van der Waals surface area contributed by atoms with Crippen LogP contribution in [0.4, 0.5) is 0 Å². The molecule has 2 rings (SSSR count). The van der Waals surface area contributed by atoms with Crippen molar-refractivity contribution in [2.45, 2.75) is 19.5 Å². The fourth-order valence-electron chi connectivity index (χ4n) is 2.48. The Morgan fingerprint density at radius 1 is 0.696 bits per heavy atom. The van der Waals surface area contributed by atoms with E-state index < -0.39 is 0 Å². The molecule has 0 saturated heterocycles. The third-order valence-corrected chi connectivity index (χ3v) is 3.72. The number of rotatable bonds is 10. The first kappa shape index (κ1) is 17.3. The Balaban J connectivity index is 1.61. The molecule has 0 bridgehead atoms. The molecule has 124 valence electrons. The number of benzene rings is 2. The second-order valence-corrected chi connectivity index (χ2v) is 5.33. The lowest BCUT2D eigenvalue weighted by molar-refractivity contribution is 0.406. The van der Waals surface area contributed by atoms with Gasteiger partial charge in [-0.1, -0.05) is 36.4 Å². The van der Waals surface area contributed by atoms with Crippen molar-refractivity contribution in [1.82, 2.24) is 10.6 Å². The van der Waals surface area contributed by atoms with E-state index >= 15 is 0 Å². The number of para-hydroxylation sites is 2. The van der Waals surface area contributed by atoms with Crippen molar-refractivity contribution in [2.24, 2.45) is 0 Å². The van der Waals surface area contributed by atoms with Crippen LogP contribution in [0.2, 0.25) is 0 Å². The third-order valence-electron chi connectivity index (χ3n) is 3.72. The monoisotopic (exact) mass is 314 g/mol. The van der Waals surface area contributed by atoms with Gasteiger partial charge in [0.25, 0.3) is 0 Å². The Labute approximate surface area is 138 Å². The van der Waals surface area contributed by atoms with Gasteiger partial charge >= 0.3 is 0 Å². The van der Waals surface area contributed by atoms with Gasteiger partial charge in [-0.25, -0.2) is 0 Å². The Kier molecular flexibility index (Phi) is 7.43. The van der Waals surface area contributed by atoms with Gasteiger partial charge < -0.3 is 20.1 Å². The summed E-state index contributed by atoms with van der Waals surface area (Å²) < 4.78 is 10.7. The zero-order valence-electron chi connectivity index (χ0n) is 14.0. The number of nitrogens with one attached hydrogen (secondary N) is 2. The number of hydrogen-bond acceptors (Lipinski definition) is 4. The van der Waals surface area contributed by atoms with Gasteiger partial charge in [0, 0.05) is 24.2 Å². The molecule has 4 heteroatoms. The van der Waals surface area contributed by atoms with Crippen LogP contribution in [0.25, 0.3) is 0 Å². The fourth-order valence-corrected chi connectivity index (χ4v) is 2.48. The van der Waals surface area contributed by atoms with Crippen LogP contribution in [0, 0.1) is 0 Å². The summed E-state index contributed by atoms with van der Waals surface area (Å²) in [6.07, 6.45) is 1.07. The van der Waals surface area contributed by atoms with Gasteiger partial charge in [-0.05, 0) is 31.6 Å². The zero-order chi connectivity index (χ0) is 16.3. The van der Waals surface area contributed by atoms with Crippen LogP contribution in [0.15, 0.2) is 48.5 Å². The van der Waals surface area contributed by atoms with E-state index in [2.05, 4.69) is 22.8 Å². The van der Waals surface area contributed by atoms with Gasteiger partial charge in [0.2, 0.25) is 0 Å². The lowest BCUT2D eigenvalue weighted by Crippen LogP contribution is -2.22. The molecule has 0 fully saturated rings. The SMILES string of the molecule is COc1ccccc1CNCCCNCc1ccccc1OC. The molecular weight excluding hydrogens is 288 g/mol. The molecular formula is C19H26N2O2. The molecule has 0 heterocycles. The highest BCUT2D eigenvalue weighted by Crippen LogP contribution is 2.17. The Morgan fingerprint density at radius 3 is 1.57 bits per heavy atom. The highest BCUT2D eigenvalue weighted by molar-refractivity contribution is 5.33. The molecule has 0 spiro atoms. The van der Waals surface area contributed by atoms with E-state index in [4.69, 9.17) is 9.47 Å². The van der Waals surface area contributed by atoms with Crippen LogP contribution >= 0.6 is 0 Å². The van der Waals surface area contributed by atoms with Crippen molar-refractivity contribution >= 4 is 0 Å². The van der Waals surface area contributed by atoms with Gasteiger partial charge in [-0.2, -0.15) is 0 Å². The third kappa shape index (κ3) is 5.58. The molecule has 4 nitrogen and oxygen atoms in total. The van der Waals surface area contributed by atoms with Crippen molar-refractivity contribution in [1.29, 1.82) is 0 Å². The molecule has 2 aromatic carbocycles. The van der Waals surface area contributed by atoms with Crippen molar-refractivity contribution in [3.05, 3.63) is 59.7 Å². The van der Waals surface area contributed by atoms with Crippen molar-refractivity contribution in [2.75, 3.05) is 27.3 Å². The van der Waals surface area contributed by atoms with Gasteiger partial charge in [-0.3, -0.25) is 0 Å². The largest absolute Gasteiger partial charge is 0.496 e. The van der Waals surface area contributed by atoms with Crippen molar-refractivity contribution in [3.8, 4) is 11.5 Å². The molecule has 0 unspecified atom stereocenters. The minimum Gasteiger partial charge on any atom is -0.496 e. The average Bonchev–Trinajstić information content (AvgIpc) is 2.61.